The summed E-state index contributed by atoms with van der Waals surface area (Å²) in [5.41, 5.74) is 5.49. The van der Waals surface area contributed by atoms with E-state index in [1.807, 2.05) is 54.9 Å². The van der Waals surface area contributed by atoms with Crippen LogP contribution >= 0.6 is 0 Å². The van der Waals surface area contributed by atoms with Crippen LogP contribution in [0.15, 0.2) is 41.5 Å². The number of nitrogens with zero attached hydrogens (tertiary/aromatic N) is 3. The predicted octanol–water partition coefficient (Wildman–Crippen LogP) is 2.04. The van der Waals surface area contributed by atoms with Crippen LogP contribution in [0.1, 0.15) is 23.4 Å². The molecule has 104 valence electrons. The van der Waals surface area contributed by atoms with Gasteiger partial charge in [-0.25, -0.2) is 5.43 Å². The summed E-state index contributed by atoms with van der Waals surface area (Å²) in [7, 11) is 0. The van der Waals surface area contributed by atoms with Crippen molar-refractivity contribution >= 4 is 12.1 Å². The van der Waals surface area contributed by atoms with E-state index in [-0.39, 0.29) is 5.91 Å². The van der Waals surface area contributed by atoms with Crippen LogP contribution in [0.25, 0.3) is 0 Å². The van der Waals surface area contributed by atoms with Gasteiger partial charge in [0.2, 0.25) is 5.91 Å². The summed E-state index contributed by atoms with van der Waals surface area (Å²) >= 11 is 0. The summed E-state index contributed by atoms with van der Waals surface area (Å²) in [6.07, 6.45) is 1.98. The molecule has 0 aliphatic rings. The molecule has 0 aliphatic carbocycles. The molecule has 20 heavy (non-hydrogen) atoms. The summed E-state index contributed by atoms with van der Waals surface area (Å²) in [6.45, 7) is 4.48. The highest BCUT2D eigenvalue weighted by Crippen LogP contribution is 2.02. The number of aromatic nitrogens is 2. The van der Waals surface area contributed by atoms with Crippen LogP contribution < -0.4 is 5.43 Å². The van der Waals surface area contributed by atoms with Crippen molar-refractivity contribution in [2.45, 2.75) is 26.8 Å². The van der Waals surface area contributed by atoms with E-state index in [1.54, 1.807) is 6.21 Å². The first-order chi connectivity index (χ1) is 9.65. The first-order valence-corrected chi connectivity index (χ1v) is 6.53. The smallest absolute Gasteiger partial charge is 0.241 e. The van der Waals surface area contributed by atoms with Crippen molar-refractivity contribution < 1.29 is 4.79 Å². The highest BCUT2D eigenvalue weighted by atomic mass is 16.2. The SMILES string of the molecule is Cc1cc(C)n(CCC(=O)NN=Cc2ccccc2)n1. The fraction of sp³-hybridized carbons (Fsp3) is 0.267. The summed E-state index contributed by atoms with van der Waals surface area (Å²) in [6, 6.07) is 11.6. The van der Waals surface area contributed by atoms with E-state index in [9.17, 15) is 4.79 Å². The molecule has 1 heterocycles. The molecule has 1 N–H and O–H groups in total. The fourth-order valence-corrected chi connectivity index (χ4v) is 1.88. The lowest BCUT2D eigenvalue weighted by atomic mass is 10.2. The standard InChI is InChI=1S/C15H18N4O/c1-12-10-13(2)19(18-12)9-8-15(20)17-16-11-14-6-4-3-5-7-14/h3-7,10-11H,8-9H2,1-2H3,(H,17,20). The third kappa shape index (κ3) is 4.05. The van der Waals surface area contributed by atoms with Gasteiger partial charge < -0.3 is 0 Å². The van der Waals surface area contributed by atoms with Gasteiger partial charge >= 0.3 is 0 Å². The molecule has 0 saturated heterocycles. The second-order valence-corrected chi connectivity index (χ2v) is 4.60. The minimum atomic E-state index is -0.121. The zero-order valence-corrected chi connectivity index (χ0v) is 11.7. The Hall–Kier alpha value is -2.43. The minimum absolute atomic E-state index is 0.121. The summed E-state index contributed by atoms with van der Waals surface area (Å²) in [5.74, 6) is -0.121. The molecule has 0 atom stereocenters. The van der Waals surface area contributed by atoms with Crippen molar-refractivity contribution in [3.63, 3.8) is 0 Å². The first-order valence-electron chi connectivity index (χ1n) is 6.53. The third-order valence-corrected chi connectivity index (χ3v) is 2.86. The topological polar surface area (TPSA) is 59.3 Å². The zero-order valence-electron chi connectivity index (χ0n) is 11.7. The lowest BCUT2D eigenvalue weighted by Crippen LogP contribution is -2.20. The van der Waals surface area contributed by atoms with E-state index in [2.05, 4.69) is 15.6 Å². The van der Waals surface area contributed by atoms with Gasteiger partial charge in [0.15, 0.2) is 0 Å². The van der Waals surface area contributed by atoms with Gasteiger partial charge in [-0.1, -0.05) is 30.3 Å². The number of aryl methyl sites for hydroxylation is 3. The van der Waals surface area contributed by atoms with Gasteiger partial charge in [-0.2, -0.15) is 10.2 Å². The van der Waals surface area contributed by atoms with E-state index < -0.39 is 0 Å². The lowest BCUT2D eigenvalue weighted by molar-refractivity contribution is -0.121. The number of rotatable bonds is 5. The Bertz CT molecular complexity index is 602. The second kappa shape index (κ2) is 6.65. The Balaban J connectivity index is 1.79. The normalized spacial score (nSPS) is 10.9. The summed E-state index contributed by atoms with van der Waals surface area (Å²) < 4.78 is 1.83. The minimum Gasteiger partial charge on any atom is -0.273 e. The van der Waals surface area contributed by atoms with Gasteiger partial charge in [-0.15, -0.1) is 0 Å². The van der Waals surface area contributed by atoms with Crippen LogP contribution in [0.4, 0.5) is 0 Å². The molecule has 5 nitrogen and oxygen atoms in total. The van der Waals surface area contributed by atoms with Crippen LogP contribution in [-0.4, -0.2) is 21.9 Å². The molecular weight excluding hydrogens is 252 g/mol. The highest BCUT2D eigenvalue weighted by molar-refractivity contribution is 5.82. The van der Waals surface area contributed by atoms with Crippen LogP contribution in [-0.2, 0) is 11.3 Å². The zero-order chi connectivity index (χ0) is 14.4. The van der Waals surface area contributed by atoms with Crippen LogP contribution in [0.3, 0.4) is 0 Å². The molecule has 0 fully saturated rings. The van der Waals surface area contributed by atoms with E-state index in [0.29, 0.717) is 13.0 Å². The average Bonchev–Trinajstić information content (AvgIpc) is 2.76. The maximum absolute atomic E-state index is 11.7. The number of amides is 1. The first kappa shape index (κ1) is 14.0. The van der Waals surface area contributed by atoms with Gasteiger partial charge in [0, 0.05) is 12.1 Å². The molecule has 2 rings (SSSR count). The molecule has 0 unspecified atom stereocenters. The molecule has 0 spiro atoms. The molecule has 0 saturated carbocycles. The molecule has 1 amide bonds. The Morgan fingerprint density at radius 2 is 2.10 bits per heavy atom. The number of nitrogens with one attached hydrogen (secondary N) is 1. The number of benzene rings is 1. The number of carbonyl (C=O) groups excluding carboxylic acids is 1. The van der Waals surface area contributed by atoms with E-state index in [0.717, 1.165) is 17.0 Å². The molecule has 1 aromatic heterocycles. The van der Waals surface area contributed by atoms with Gasteiger partial charge in [0.05, 0.1) is 18.5 Å². The summed E-state index contributed by atoms with van der Waals surface area (Å²) in [4.78, 5) is 11.7. The maximum Gasteiger partial charge on any atom is 0.241 e. The Morgan fingerprint density at radius 3 is 2.75 bits per heavy atom. The Labute approximate surface area is 118 Å². The van der Waals surface area contributed by atoms with Crippen molar-refractivity contribution in [3.05, 3.63) is 53.3 Å². The average molecular weight is 270 g/mol. The Morgan fingerprint density at radius 1 is 1.35 bits per heavy atom. The number of hydrogen-bond acceptors (Lipinski definition) is 3. The quantitative estimate of drug-likeness (QED) is 0.667. The molecular formula is C15H18N4O. The molecule has 0 radical (unpaired) electrons. The van der Waals surface area contributed by atoms with Gasteiger partial charge in [-0.3, -0.25) is 9.48 Å². The highest BCUT2D eigenvalue weighted by Gasteiger charge is 2.04. The molecule has 0 aliphatic heterocycles. The van der Waals surface area contributed by atoms with Crippen molar-refractivity contribution in [3.8, 4) is 0 Å². The maximum atomic E-state index is 11.7. The number of carbonyl (C=O) groups is 1. The number of hydrogen-bond donors (Lipinski definition) is 1. The van der Waals surface area contributed by atoms with Crippen LogP contribution in [0.5, 0.6) is 0 Å². The van der Waals surface area contributed by atoms with Crippen LogP contribution in [0, 0.1) is 13.8 Å². The van der Waals surface area contributed by atoms with Crippen LogP contribution in [0.2, 0.25) is 0 Å². The molecule has 2 aromatic rings. The van der Waals surface area contributed by atoms with Crippen molar-refractivity contribution in [1.82, 2.24) is 15.2 Å². The monoisotopic (exact) mass is 270 g/mol. The van der Waals surface area contributed by atoms with Crippen molar-refractivity contribution in [1.29, 1.82) is 0 Å². The Kier molecular flexibility index (Phi) is 4.65. The van der Waals surface area contributed by atoms with Gasteiger partial charge in [-0.05, 0) is 25.5 Å². The van der Waals surface area contributed by atoms with Crippen molar-refractivity contribution in [2.75, 3.05) is 0 Å². The third-order valence-electron chi connectivity index (χ3n) is 2.86. The van der Waals surface area contributed by atoms with Crippen molar-refractivity contribution in [2.24, 2.45) is 5.10 Å². The largest absolute Gasteiger partial charge is 0.273 e. The van der Waals surface area contributed by atoms with E-state index in [1.165, 1.54) is 0 Å². The van der Waals surface area contributed by atoms with Gasteiger partial charge in [0.1, 0.15) is 0 Å². The summed E-state index contributed by atoms with van der Waals surface area (Å²) in [5, 5.41) is 8.24. The number of hydrazone groups is 1. The second-order valence-electron chi connectivity index (χ2n) is 4.60. The molecule has 0 bridgehead atoms. The van der Waals surface area contributed by atoms with E-state index >= 15 is 0 Å². The van der Waals surface area contributed by atoms with Gasteiger partial charge in [0.25, 0.3) is 0 Å². The fourth-order valence-electron chi connectivity index (χ4n) is 1.88. The van der Waals surface area contributed by atoms with E-state index in [4.69, 9.17) is 0 Å². The predicted molar refractivity (Wildman–Crippen MR) is 78.5 cm³/mol. The molecule has 1 aromatic carbocycles. The lowest BCUT2D eigenvalue weighted by Gasteiger charge is -2.03. The molecule has 5 heteroatoms.